The first-order chi connectivity index (χ1) is 11.6. The molecule has 1 N–H and O–H groups in total. The molecule has 1 heterocycles. The van der Waals surface area contributed by atoms with Crippen molar-refractivity contribution in [2.75, 3.05) is 5.32 Å². The van der Waals surface area contributed by atoms with Crippen LogP contribution < -0.4 is 5.32 Å². The first kappa shape index (κ1) is 16.4. The minimum absolute atomic E-state index is 0.0766. The van der Waals surface area contributed by atoms with Gasteiger partial charge in [0.25, 0.3) is 0 Å². The van der Waals surface area contributed by atoms with Gasteiger partial charge in [0.2, 0.25) is 0 Å². The molecule has 2 aromatic carbocycles. The van der Waals surface area contributed by atoms with Crippen molar-refractivity contribution in [3.05, 3.63) is 82.5 Å². The van der Waals surface area contributed by atoms with E-state index in [2.05, 4.69) is 10.3 Å². The zero-order valence-corrected chi connectivity index (χ0v) is 14.6. The molecule has 1 aromatic heterocycles. The number of aryl methyl sites for hydroxylation is 1. The summed E-state index contributed by atoms with van der Waals surface area (Å²) in [6.45, 7) is 2.03. The van der Waals surface area contributed by atoms with Crippen LogP contribution in [0.2, 0.25) is 5.02 Å². The molecule has 0 saturated carbocycles. The Morgan fingerprint density at radius 3 is 2.54 bits per heavy atom. The van der Waals surface area contributed by atoms with E-state index in [9.17, 15) is 4.79 Å². The number of halogens is 1. The van der Waals surface area contributed by atoms with E-state index in [1.165, 1.54) is 23.0 Å². The lowest BCUT2D eigenvalue weighted by molar-refractivity contribution is 0.105. The number of thiazole rings is 1. The van der Waals surface area contributed by atoms with Gasteiger partial charge in [-0.05, 0) is 31.2 Å². The molecule has 0 atom stereocenters. The lowest BCUT2D eigenvalue weighted by Gasteiger charge is -2.00. The number of nitrogens with zero attached hydrogens (tertiary/aromatic N) is 1. The molecule has 0 unspecified atom stereocenters. The molecule has 3 rings (SSSR count). The Balaban J connectivity index is 1.66. The molecule has 0 aliphatic heterocycles. The third-order valence-electron chi connectivity index (χ3n) is 3.38. The van der Waals surface area contributed by atoms with Crippen molar-refractivity contribution in [3.63, 3.8) is 0 Å². The molecule has 0 saturated heterocycles. The molecule has 120 valence electrons. The number of aromatic nitrogens is 1. The number of hydrogen-bond acceptors (Lipinski definition) is 4. The number of benzene rings is 2. The molecule has 5 heteroatoms. The molecule has 0 aliphatic carbocycles. The van der Waals surface area contributed by atoms with Crippen LogP contribution in [0.4, 0.5) is 5.69 Å². The molecule has 0 fully saturated rings. The van der Waals surface area contributed by atoms with E-state index in [0.29, 0.717) is 9.90 Å². The summed E-state index contributed by atoms with van der Waals surface area (Å²) in [5.41, 5.74) is 3.08. The Hall–Kier alpha value is -2.43. The molecule has 24 heavy (non-hydrogen) atoms. The van der Waals surface area contributed by atoms with E-state index >= 15 is 0 Å². The van der Waals surface area contributed by atoms with E-state index < -0.39 is 0 Å². The van der Waals surface area contributed by atoms with Gasteiger partial charge in [-0.2, -0.15) is 0 Å². The van der Waals surface area contributed by atoms with Gasteiger partial charge >= 0.3 is 0 Å². The van der Waals surface area contributed by atoms with E-state index in [1.54, 1.807) is 12.4 Å². The lowest BCUT2D eigenvalue weighted by atomic mass is 10.2. The normalized spacial score (nSPS) is 10.9. The standard InChI is InChI=1S/C19H15ClN2OS/c1-13-2-8-16(9-3-13)21-11-10-17(23)18-12-22-19(24-18)14-4-6-15(20)7-5-14/h2-12,21H,1H3/b11-10+. The molecule has 0 radical (unpaired) electrons. The first-order valence-electron chi connectivity index (χ1n) is 7.38. The Bertz CT molecular complexity index is 867. The predicted octanol–water partition coefficient (Wildman–Crippen LogP) is 5.58. The summed E-state index contributed by atoms with van der Waals surface area (Å²) in [7, 11) is 0. The second-order valence-corrected chi connectivity index (χ2v) is 6.71. The third-order valence-corrected chi connectivity index (χ3v) is 4.69. The number of hydrogen-bond donors (Lipinski definition) is 1. The maximum absolute atomic E-state index is 12.2. The fourth-order valence-electron chi connectivity index (χ4n) is 2.06. The van der Waals surface area contributed by atoms with Crippen LogP contribution in [0.3, 0.4) is 0 Å². The van der Waals surface area contributed by atoms with Crippen molar-refractivity contribution >= 4 is 34.4 Å². The minimum atomic E-state index is -0.0766. The highest BCUT2D eigenvalue weighted by atomic mass is 35.5. The second kappa shape index (κ2) is 7.43. The van der Waals surface area contributed by atoms with E-state index in [-0.39, 0.29) is 5.78 Å². The number of anilines is 1. The molecule has 0 spiro atoms. The van der Waals surface area contributed by atoms with Gasteiger partial charge in [-0.3, -0.25) is 4.79 Å². The Morgan fingerprint density at radius 1 is 1.12 bits per heavy atom. The SMILES string of the molecule is Cc1ccc(N/C=C/C(=O)c2cnc(-c3ccc(Cl)cc3)s2)cc1. The molecule has 0 amide bonds. The number of nitrogens with one attached hydrogen (secondary N) is 1. The van der Waals surface area contributed by atoms with Crippen LogP contribution in [0.15, 0.2) is 67.0 Å². The number of rotatable bonds is 5. The van der Waals surface area contributed by atoms with Gasteiger partial charge in [0.1, 0.15) is 5.01 Å². The van der Waals surface area contributed by atoms with Crippen molar-refractivity contribution in [1.29, 1.82) is 0 Å². The van der Waals surface area contributed by atoms with Crippen LogP contribution in [0.1, 0.15) is 15.2 Å². The van der Waals surface area contributed by atoms with Gasteiger partial charge in [0, 0.05) is 34.7 Å². The Labute approximate surface area is 149 Å². The van der Waals surface area contributed by atoms with Crippen LogP contribution in [0.5, 0.6) is 0 Å². The van der Waals surface area contributed by atoms with Crippen molar-refractivity contribution in [1.82, 2.24) is 4.98 Å². The third kappa shape index (κ3) is 4.10. The monoisotopic (exact) mass is 354 g/mol. The number of carbonyl (C=O) groups is 1. The fourth-order valence-corrected chi connectivity index (χ4v) is 3.03. The van der Waals surface area contributed by atoms with Crippen LogP contribution in [0, 0.1) is 6.92 Å². The highest BCUT2D eigenvalue weighted by Gasteiger charge is 2.09. The summed E-state index contributed by atoms with van der Waals surface area (Å²) in [6.07, 6.45) is 4.76. The zero-order valence-electron chi connectivity index (χ0n) is 13.0. The molecular weight excluding hydrogens is 340 g/mol. The number of ketones is 1. The maximum atomic E-state index is 12.2. The summed E-state index contributed by atoms with van der Waals surface area (Å²) in [4.78, 5) is 17.1. The van der Waals surface area contributed by atoms with Gasteiger partial charge in [-0.15, -0.1) is 11.3 Å². The fraction of sp³-hybridized carbons (Fsp3) is 0.0526. The largest absolute Gasteiger partial charge is 0.362 e. The van der Waals surface area contributed by atoms with Crippen molar-refractivity contribution < 1.29 is 4.79 Å². The van der Waals surface area contributed by atoms with E-state index in [1.807, 2.05) is 55.5 Å². The summed E-state index contributed by atoms with van der Waals surface area (Å²) in [6, 6.07) is 15.4. The molecule has 0 aliphatic rings. The summed E-state index contributed by atoms with van der Waals surface area (Å²) in [5, 5.41) is 4.56. The van der Waals surface area contributed by atoms with Crippen LogP contribution in [-0.4, -0.2) is 10.8 Å². The van der Waals surface area contributed by atoms with Gasteiger partial charge in [0.15, 0.2) is 5.78 Å². The summed E-state index contributed by atoms with van der Waals surface area (Å²) in [5.74, 6) is -0.0766. The van der Waals surface area contributed by atoms with Crippen LogP contribution >= 0.6 is 22.9 Å². The predicted molar refractivity (Wildman–Crippen MR) is 101 cm³/mol. The minimum Gasteiger partial charge on any atom is -0.362 e. The number of carbonyl (C=O) groups excluding carboxylic acids is 1. The molecule has 3 aromatic rings. The van der Waals surface area contributed by atoms with Gasteiger partial charge in [-0.25, -0.2) is 4.98 Å². The van der Waals surface area contributed by atoms with Crippen LogP contribution in [0.25, 0.3) is 10.6 Å². The average Bonchev–Trinajstić information content (AvgIpc) is 3.07. The highest BCUT2D eigenvalue weighted by molar-refractivity contribution is 7.17. The van der Waals surface area contributed by atoms with Gasteiger partial charge in [-0.1, -0.05) is 41.4 Å². The van der Waals surface area contributed by atoms with Crippen LogP contribution in [-0.2, 0) is 0 Å². The maximum Gasteiger partial charge on any atom is 0.198 e. The van der Waals surface area contributed by atoms with Gasteiger partial charge in [0.05, 0.1) is 4.88 Å². The Morgan fingerprint density at radius 2 is 1.83 bits per heavy atom. The quantitative estimate of drug-likeness (QED) is 0.480. The van der Waals surface area contributed by atoms with E-state index in [4.69, 9.17) is 11.6 Å². The summed E-state index contributed by atoms with van der Waals surface area (Å²) < 4.78 is 0. The van der Waals surface area contributed by atoms with E-state index in [0.717, 1.165) is 16.3 Å². The second-order valence-electron chi connectivity index (χ2n) is 5.24. The zero-order chi connectivity index (χ0) is 16.9. The van der Waals surface area contributed by atoms with Crippen molar-refractivity contribution in [3.8, 4) is 10.6 Å². The van der Waals surface area contributed by atoms with Gasteiger partial charge < -0.3 is 5.32 Å². The lowest BCUT2D eigenvalue weighted by Crippen LogP contribution is -1.93. The number of allylic oxidation sites excluding steroid dienone is 1. The van der Waals surface area contributed by atoms with Crippen molar-refractivity contribution in [2.24, 2.45) is 0 Å². The average molecular weight is 355 g/mol. The smallest absolute Gasteiger partial charge is 0.198 e. The highest BCUT2D eigenvalue weighted by Crippen LogP contribution is 2.26. The molecule has 3 nitrogen and oxygen atoms in total. The van der Waals surface area contributed by atoms with Crippen molar-refractivity contribution in [2.45, 2.75) is 6.92 Å². The summed E-state index contributed by atoms with van der Waals surface area (Å²) >= 11 is 7.25. The first-order valence-corrected chi connectivity index (χ1v) is 8.57. The molecule has 0 bridgehead atoms. The Kier molecular flexibility index (Phi) is 5.08. The molecular formula is C19H15ClN2OS. The topological polar surface area (TPSA) is 42.0 Å².